The van der Waals surface area contributed by atoms with Crippen molar-refractivity contribution in [1.82, 2.24) is 10.2 Å². The minimum Gasteiger partial charge on any atom is -0.323 e. The van der Waals surface area contributed by atoms with Crippen molar-refractivity contribution < 1.29 is 22.8 Å². The summed E-state index contributed by atoms with van der Waals surface area (Å²) in [5.41, 5.74) is 0. The first kappa shape index (κ1) is 13.0. The molecule has 2 heterocycles. The minimum atomic E-state index is -3.44. The Balaban J connectivity index is 2.15. The Hall–Kier alpha value is -1.44. The predicted octanol–water partition coefficient (Wildman–Crippen LogP) is -1.56. The van der Waals surface area contributed by atoms with Crippen LogP contribution < -0.4 is 5.32 Å². The van der Waals surface area contributed by atoms with Gasteiger partial charge in [0.1, 0.15) is 18.3 Å². The van der Waals surface area contributed by atoms with E-state index in [2.05, 4.69) is 5.32 Å². The molecule has 1 atom stereocenters. The quantitative estimate of drug-likeness (QED) is 0.583. The van der Waals surface area contributed by atoms with Gasteiger partial charge >= 0.3 is 0 Å². The Morgan fingerprint density at radius 2 is 1.78 bits per heavy atom. The van der Waals surface area contributed by atoms with Crippen molar-refractivity contribution in [3.8, 4) is 0 Å². The Kier molecular flexibility index (Phi) is 3.38. The molecule has 0 spiro atoms. The molecule has 0 aliphatic carbocycles. The fourth-order valence-electron chi connectivity index (χ4n) is 2.23. The van der Waals surface area contributed by atoms with Crippen molar-refractivity contribution in [3.63, 3.8) is 0 Å². The van der Waals surface area contributed by atoms with Crippen LogP contribution in [0.1, 0.15) is 19.3 Å². The molecule has 0 aromatic rings. The van der Waals surface area contributed by atoms with Gasteiger partial charge in [0, 0.05) is 0 Å². The van der Waals surface area contributed by atoms with Crippen molar-refractivity contribution >= 4 is 27.6 Å². The van der Waals surface area contributed by atoms with Crippen molar-refractivity contribution in [2.75, 3.05) is 18.8 Å². The smallest absolute Gasteiger partial charge is 0.246 e. The normalized spacial score (nSPS) is 27.8. The molecule has 2 saturated heterocycles. The van der Waals surface area contributed by atoms with Crippen LogP contribution in [-0.4, -0.2) is 55.1 Å². The zero-order valence-electron chi connectivity index (χ0n) is 9.72. The maximum atomic E-state index is 12.1. The molecule has 2 aliphatic rings. The summed E-state index contributed by atoms with van der Waals surface area (Å²) < 4.78 is 23.6. The van der Waals surface area contributed by atoms with E-state index in [1.165, 1.54) is 0 Å². The first-order chi connectivity index (χ1) is 8.40. The Labute approximate surface area is 104 Å². The highest BCUT2D eigenvalue weighted by Crippen LogP contribution is 2.21. The number of carbonyl (C=O) groups excluding carboxylic acids is 3. The summed E-state index contributed by atoms with van der Waals surface area (Å²) in [6, 6.07) is 0. The van der Waals surface area contributed by atoms with Crippen LogP contribution in [0.15, 0.2) is 0 Å². The van der Waals surface area contributed by atoms with E-state index in [0.717, 1.165) is 4.90 Å². The van der Waals surface area contributed by atoms with E-state index in [-0.39, 0.29) is 25.3 Å². The number of sulfone groups is 1. The number of hydrogen-bond acceptors (Lipinski definition) is 5. The molecule has 0 aromatic heterocycles. The molecule has 0 saturated carbocycles. The first-order valence-electron chi connectivity index (χ1n) is 5.73. The minimum absolute atomic E-state index is 0.00259. The lowest BCUT2D eigenvalue weighted by molar-refractivity contribution is -0.145. The molecular formula is C10H14N2O5S. The van der Waals surface area contributed by atoms with Crippen LogP contribution in [0.3, 0.4) is 0 Å². The summed E-state index contributed by atoms with van der Waals surface area (Å²) in [6.45, 7) is -0.507. The first-order valence-corrected chi connectivity index (χ1v) is 7.45. The molecule has 1 N–H and O–H groups in total. The predicted molar refractivity (Wildman–Crippen MR) is 61.2 cm³/mol. The summed E-state index contributed by atoms with van der Waals surface area (Å²) in [6.07, 6.45) is 1.50. The Morgan fingerprint density at radius 1 is 1.17 bits per heavy atom. The van der Waals surface area contributed by atoms with Gasteiger partial charge in [0.15, 0.2) is 9.84 Å². The van der Waals surface area contributed by atoms with E-state index in [1.54, 1.807) is 0 Å². The number of imide groups is 1. The lowest BCUT2D eigenvalue weighted by Crippen LogP contribution is -2.56. The van der Waals surface area contributed by atoms with Crippen molar-refractivity contribution in [2.45, 2.75) is 24.5 Å². The molecule has 0 bridgehead atoms. The standard InChI is InChI=1S/C10H14N2O5S/c13-8-5-12(6-9(14)11-8)10(15)7-3-1-2-4-18(7,16)17/h7H,1-6H2,(H,11,13,14). The summed E-state index contributed by atoms with van der Waals surface area (Å²) in [5.74, 6) is -1.78. The molecule has 100 valence electrons. The van der Waals surface area contributed by atoms with Crippen LogP contribution in [-0.2, 0) is 24.2 Å². The molecule has 3 amide bonds. The molecule has 18 heavy (non-hydrogen) atoms. The zero-order valence-corrected chi connectivity index (χ0v) is 10.5. The van der Waals surface area contributed by atoms with E-state index in [1.807, 2.05) is 0 Å². The molecule has 7 nitrogen and oxygen atoms in total. The highest BCUT2D eigenvalue weighted by atomic mass is 32.2. The highest BCUT2D eigenvalue weighted by Gasteiger charge is 2.39. The SMILES string of the molecule is O=C1CN(C(=O)C2CCCCS2(=O)=O)CC(=O)N1. The molecule has 0 radical (unpaired) electrons. The average Bonchev–Trinajstić information content (AvgIpc) is 2.26. The van der Waals surface area contributed by atoms with E-state index in [0.29, 0.717) is 12.8 Å². The largest absolute Gasteiger partial charge is 0.323 e. The van der Waals surface area contributed by atoms with E-state index >= 15 is 0 Å². The van der Waals surface area contributed by atoms with E-state index in [9.17, 15) is 22.8 Å². The van der Waals surface area contributed by atoms with Gasteiger partial charge < -0.3 is 4.90 Å². The number of piperazine rings is 1. The maximum Gasteiger partial charge on any atom is 0.246 e. The van der Waals surface area contributed by atoms with Gasteiger partial charge in [-0.2, -0.15) is 0 Å². The highest BCUT2D eigenvalue weighted by molar-refractivity contribution is 7.92. The van der Waals surface area contributed by atoms with Crippen LogP contribution in [0.25, 0.3) is 0 Å². The average molecular weight is 274 g/mol. The third-order valence-corrected chi connectivity index (χ3v) is 5.28. The summed E-state index contributed by atoms with van der Waals surface area (Å²) in [4.78, 5) is 35.4. The summed E-state index contributed by atoms with van der Waals surface area (Å²) >= 11 is 0. The second-order valence-electron chi connectivity index (χ2n) is 4.52. The summed E-state index contributed by atoms with van der Waals surface area (Å²) in [5, 5.41) is 0.974. The lowest BCUT2D eigenvalue weighted by atomic mass is 10.1. The van der Waals surface area contributed by atoms with Crippen LogP contribution >= 0.6 is 0 Å². The number of nitrogens with one attached hydrogen (secondary N) is 1. The van der Waals surface area contributed by atoms with Gasteiger partial charge in [0.25, 0.3) is 0 Å². The number of hydrogen-bond donors (Lipinski definition) is 1. The Morgan fingerprint density at radius 3 is 2.33 bits per heavy atom. The van der Waals surface area contributed by atoms with Crippen LogP contribution in [0, 0.1) is 0 Å². The van der Waals surface area contributed by atoms with Gasteiger partial charge in [-0.25, -0.2) is 8.42 Å². The molecule has 8 heteroatoms. The molecule has 1 unspecified atom stereocenters. The summed E-state index contributed by atoms with van der Waals surface area (Å²) in [7, 11) is -3.44. The van der Waals surface area contributed by atoms with Crippen molar-refractivity contribution in [3.05, 3.63) is 0 Å². The van der Waals surface area contributed by atoms with Gasteiger partial charge in [-0.05, 0) is 12.8 Å². The number of nitrogens with zero attached hydrogens (tertiary/aromatic N) is 1. The topological polar surface area (TPSA) is 101 Å². The number of carbonyl (C=O) groups is 3. The van der Waals surface area contributed by atoms with Gasteiger partial charge in [-0.1, -0.05) is 6.42 Å². The van der Waals surface area contributed by atoms with Gasteiger partial charge in [-0.15, -0.1) is 0 Å². The maximum absolute atomic E-state index is 12.1. The zero-order chi connectivity index (χ0) is 13.3. The van der Waals surface area contributed by atoms with Gasteiger partial charge in [-0.3, -0.25) is 19.7 Å². The number of rotatable bonds is 1. The van der Waals surface area contributed by atoms with Crippen LogP contribution in [0.2, 0.25) is 0 Å². The third kappa shape index (κ3) is 2.53. The fourth-order valence-corrected chi connectivity index (χ4v) is 4.10. The number of amides is 3. The van der Waals surface area contributed by atoms with Crippen molar-refractivity contribution in [2.24, 2.45) is 0 Å². The van der Waals surface area contributed by atoms with Crippen LogP contribution in [0.4, 0.5) is 0 Å². The lowest BCUT2D eigenvalue weighted by Gasteiger charge is -2.30. The van der Waals surface area contributed by atoms with Crippen LogP contribution in [0.5, 0.6) is 0 Å². The molecule has 2 fully saturated rings. The Bertz CT molecular complexity index is 482. The molecular weight excluding hydrogens is 260 g/mol. The monoisotopic (exact) mass is 274 g/mol. The second-order valence-corrected chi connectivity index (χ2v) is 6.82. The van der Waals surface area contributed by atoms with E-state index < -0.39 is 32.8 Å². The van der Waals surface area contributed by atoms with Gasteiger partial charge in [0.2, 0.25) is 17.7 Å². The van der Waals surface area contributed by atoms with Gasteiger partial charge in [0.05, 0.1) is 5.75 Å². The van der Waals surface area contributed by atoms with E-state index in [4.69, 9.17) is 0 Å². The third-order valence-electron chi connectivity index (χ3n) is 3.11. The fraction of sp³-hybridized carbons (Fsp3) is 0.700. The second kappa shape index (κ2) is 4.68. The molecule has 2 aliphatic heterocycles. The molecule has 2 rings (SSSR count). The molecule has 0 aromatic carbocycles. The van der Waals surface area contributed by atoms with Crippen molar-refractivity contribution in [1.29, 1.82) is 0 Å².